The van der Waals surface area contributed by atoms with Gasteiger partial charge in [0.1, 0.15) is 5.76 Å². The third-order valence-electron chi connectivity index (χ3n) is 4.00. The van der Waals surface area contributed by atoms with Gasteiger partial charge in [0.2, 0.25) is 5.91 Å². The molecule has 1 aliphatic heterocycles. The van der Waals surface area contributed by atoms with Crippen LogP contribution in [-0.2, 0) is 4.79 Å². The molecule has 0 saturated carbocycles. The number of aryl methyl sites for hydroxylation is 2. The van der Waals surface area contributed by atoms with Crippen molar-refractivity contribution < 1.29 is 22.5 Å². The molecule has 0 radical (unpaired) electrons. The molecule has 8 heteroatoms. The van der Waals surface area contributed by atoms with Crippen LogP contribution in [0.1, 0.15) is 36.4 Å². The highest BCUT2D eigenvalue weighted by Crippen LogP contribution is 2.43. The van der Waals surface area contributed by atoms with Crippen LogP contribution in [-0.4, -0.2) is 30.3 Å². The van der Waals surface area contributed by atoms with Crippen LogP contribution in [0, 0.1) is 19.3 Å². The molecule has 21 heavy (non-hydrogen) atoms. The van der Waals surface area contributed by atoms with Gasteiger partial charge in [-0.2, -0.15) is 13.2 Å². The summed E-state index contributed by atoms with van der Waals surface area (Å²) in [7, 11) is 0. The zero-order valence-corrected chi connectivity index (χ0v) is 12.1. The van der Waals surface area contributed by atoms with E-state index in [4.69, 9.17) is 4.52 Å². The number of carbonyl (C=O) groups is 1. The van der Waals surface area contributed by atoms with Crippen LogP contribution in [0.5, 0.6) is 0 Å². The number of aromatic nitrogens is 1. The van der Waals surface area contributed by atoms with Gasteiger partial charge in [-0.05, 0) is 33.7 Å². The van der Waals surface area contributed by atoms with Gasteiger partial charge in [0.15, 0.2) is 5.41 Å². The molecule has 2 rings (SSSR count). The van der Waals surface area contributed by atoms with Crippen molar-refractivity contribution >= 4 is 5.91 Å². The van der Waals surface area contributed by atoms with E-state index in [1.807, 2.05) is 0 Å². The van der Waals surface area contributed by atoms with E-state index in [0.29, 0.717) is 17.0 Å². The van der Waals surface area contributed by atoms with Crippen molar-refractivity contribution in [2.75, 3.05) is 13.1 Å². The number of rotatable bonds is 3. The van der Waals surface area contributed by atoms with Crippen molar-refractivity contribution in [3.05, 3.63) is 17.0 Å². The number of amides is 1. The van der Waals surface area contributed by atoms with Crippen molar-refractivity contribution in [1.82, 2.24) is 15.8 Å². The molecule has 2 N–H and O–H groups in total. The molecule has 1 aromatic heterocycles. The summed E-state index contributed by atoms with van der Waals surface area (Å²) in [5.74, 6) is -0.515. The number of alkyl halides is 3. The summed E-state index contributed by atoms with van der Waals surface area (Å²) >= 11 is 0. The highest BCUT2D eigenvalue weighted by atomic mass is 19.4. The van der Waals surface area contributed by atoms with Gasteiger partial charge < -0.3 is 15.2 Å². The third-order valence-corrected chi connectivity index (χ3v) is 4.00. The van der Waals surface area contributed by atoms with Gasteiger partial charge in [0, 0.05) is 12.1 Å². The molecule has 1 fully saturated rings. The fourth-order valence-electron chi connectivity index (χ4n) is 2.77. The second-order valence-corrected chi connectivity index (χ2v) is 5.44. The van der Waals surface area contributed by atoms with Gasteiger partial charge in [0.25, 0.3) is 0 Å². The summed E-state index contributed by atoms with van der Waals surface area (Å²) in [6.07, 6.45) is -4.84. The van der Waals surface area contributed by atoms with Crippen molar-refractivity contribution in [3.8, 4) is 0 Å². The maximum atomic E-state index is 13.3. The van der Waals surface area contributed by atoms with Crippen LogP contribution >= 0.6 is 0 Å². The molecule has 1 amide bonds. The second-order valence-electron chi connectivity index (χ2n) is 5.44. The van der Waals surface area contributed by atoms with E-state index in [0.717, 1.165) is 0 Å². The topological polar surface area (TPSA) is 67.2 Å². The molecule has 2 heterocycles. The zero-order valence-electron chi connectivity index (χ0n) is 12.1. The van der Waals surface area contributed by atoms with Crippen molar-refractivity contribution in [2.45, 2.75) is 39.4 Å². The average molecular weight is 305 g/mol. The highest BCUT2D eigenvalue weighted by Gasteiger charge is 2.61. The standard InChI is InChI=1S/C13H18F3N3O2/c1-7(10-8(2)19-21-9(10)3)18-11(20)12(13(14,15)16)4-5-17-6-12/h7,17H,4-6H2,1-3H3,(H,18,20). The minimum Gasteiger partial charge on any atom is -0.361 e. The van der Waals surface area contributed by atoms with Crippen molar-refractivity contribution in [3.63, 3.8) is 0 Å². The molecule has 2 atom stereocenters. The Morgan fingerprint density at radius 3 is 2.57 bits per heavy atom. The maximum Gasteiger partial charge on any atom is 0.404 e. The predicted molar refractivity (Wildman–Crippen MR) is 68.5 cm³/mol. The first kappa shape index (κ1) is 15.8. The van der Waals surface area contributed by atoms with Crippen LogP contribution in [0.15, 0.2) is 4.52 Å². The molecule has 1 aromatic rings. The van der Waals surface area contributed by atoms with E-state index in [2.05, 4.69) is 15.8 Å². The molecule has 5 nitrogen and oxygen atoms in total. The van der Waals surface area contributed by atoms with Gasteiger partial charge in [-0.3, -0.25) is 4.79 Å². The summed E-state index contributed by atoms with van der Waals surface area (Å²) < 4.78 is 44.8. The Kier molecular flexibility index (Phi) is 4.01. The second kappa shape index (κ2) is 5.32. The highest BCUT2D eigenvalue weighted by molar-refractivity contribution is 5.84. The smallest absolute Gasteiger partial charge is 0.361 e. The molecule has 1 aliphatic rings. The lowest BCUT2D eigenvalue weighted by Crippen LogP contribution is -2.52. The third kappa shape index (κ3) is 2.64. The van der Waals surface area contributed by atoms with Crippen molar-refractivity contribution in [2.24, 2.45) is 5.41 Å². The predicted octanol–water partition coefficient (Wildman–Crippen LogP) is 2.01. The van der Waals surface area contributed by atoms with Gasteiger partial charge in [-0.15, -0.1) is 0 Å². The number of hydrogen-bond acceptors (Lipinski definition) is 4. The molecular weight excluding hydrogens is 287 g/mol. The Morgan fingerprint density at radius 1 is 1.48 bits per heavy atom. The van der Waals surface area contributed by atoms with Gasteiger partial charge >= 0.3 is 6.18 Å². The lowest BCUT2D eigenvalue weighted by molar-refractivity contribution is -0.216. The fraction of sp³-hybridized carbons (Fsp3) is 0.692. The quantitative estimate of drug-likeness (QED) is 0.896. The van der Waals surface area contributed by atoms with Gasteiger partial charge in [-0.25, -0.2) is 0 Å². The van der Waals surface area contributed by atoms with Crippen LogP contribution in [0.3, 0.4) is 0 Å². The minimum atomic E-state index is -4.58. The van der Waals surface area contributed by atoms with Crippen LogP contribution in [0.2, 0.25) is 0 Å². The Labute approximate surface area is 120 Å². The van der Waals surface area contributed by atoms with E-state index >= 15 is 0 Å². The Hall–Kier alpha value is -1.57. The number of hydrogen-bond donors (Lipinski definition) is 2. The number of halogens is 3. The van der Waals surface area contributed by atoms with E-state index < -0.39 is 30.1 Å². The number of carbonyl (C=O) groups excluding carboxylic acids is 1. The fourth-order valence-corrected chi connectivity index (χ4v) is 2.77. The first-order chi connectivity index (χ1) is 9.69. The maximum absolute atomic E-state index is 13.3. The molecule has 2 unspecified atom stereocenters. The summed E-state index contributed by atoms with van der Waals surface area (Å²) in [4.78, 5) is 12.2. The van der Waals surface area contributed by atoms with Gasteiger partial charge in [-0.1, -0.05) is 5.16 Å². The lowest BCUT2D eigenvalue weighted by atomic mass is 9.84. The van der Waals surface area contributed by atoms with Crippen molar-refractivity contribution in [1.29, 1.82) is 0 Å². The van der Waals surface area contributed by atoms with E-state index in [9.17, 15) is 18.0 Å². The van der Waals surface area contributed by atoms with Crippen LogP contribution < -0.4 is 10.6 Å². The summed E-state index contributed by atoms with van der Waals surface area (Å²) in [5, 5.41) is 8.82. The summed E-state index contributed by atoms with van der Waals surface area (Å²) in [6.45, 7) is 4.75. The monoisotopic (exact) mass is 305 g/mol. The average Bonchev–Trinajstić information content (AvgIpc) is 2.96. The first-order valence-electron chi connectivity index (χ1n) is 6.70. The Morgan fingerprint density at radius 2 is 2.14 bits per heavy atom. The first-order valence-corrected chi connectivity index (χ1v) is 6.70. The SMILES string of the molecule is Cc1noc(C)c1C(C)NC(=O)C1(C(F)(F)F)CCNC1. The molecular formula is C13H18F3N3O2. The van der Waals surface area contributed by atoms with E-state index in [1.165, 1.54) is 0 Å². The molecule has 0 aliphatic carbocycles. The minimum absolute atomic E-state index is 0.173. The largest absolute Gasteiger partial charge is 0.404 e. The normalized spacial score (nSPS) is 24.1. The molecule has 0 spiro atoms. The Bertz CT molecular complexity index is 514. The number of nitrogens with zero attached hydrogens (tertiary/aromatic N) is 1. The molecule has 0 bridgehead atoms. The summed E-state index contributed by atoms with van der Waals surface area (Å²) in [6, 6.07) is -0.594. The van der Waals surface area contributed by atoms with Crippen LogP contribution in [0.4, 0.5) is 13.2 Å². The molecule has 1 saturated heterocycles. The molecule has 0 aromatic carbocycles. The number of nitrogens with one attached hydrogen (secondary N) is 2. The zero-order chi connectivity index (χ0) is 15.8. The van der Waals surface area contributed by atoms with E-state index in [-0.39, 0.29) is 13.0 Å². The molecule has 118 valence electrons. The van der Waals surface area contributed by atoms with E-state index in [1.54, 1.807) is 20.8 Å². The van der Waals surface area contributed by atoms with Gasteiger partial charge in [0.05, 0.1) is 11.7 Å². The lowest BCUT2D eigenvalue weighted by Gasteiger charge is -2.30. The summed E-state index contributed by atoms with van der Waals surface area (Å²) in [5.41, 5.74) is -1.18. The Balaban J connectivity index is 2.21. The van der Waals surface area contributed by atoms with Crippen LogP contribution in [0.25, 0.3) is 0 Å².